The first-order chi connectivity index (χ1) is 9.69. The Bertz CT molecular complexity index is 581. The smallest absolute Gasteiger partial charge is 0.251 e. The Balaban J connectivity index is 1.97. The van der Waals surface area contributed by atoms with E-state index in [1.54, 1.807) is 12.1 Å². The van der Waals surface area contributed by atoms with Crippen molar-refractivity contribution in [2.45, 2.75) is 19.9 Å². The van der Waals surface area contributed by atoms with Crippen molar-refractivity contribution >= 4 is 23.2 Å². The molecule has 0 fully saturated rings. The summed E-state index contributed by atoms with van der Waals surface area (Å²) in [5.41, 5.74) is 1.50. The van der Waals surface area contributed by atoms with Crippen LogP contribution in [0.1, 0.15) is 29.5 Å². The van der Waals surface area contributed by atoms with Crippen molar-refractivity contribution in [1.82, 2.24) is 5.32 Å². The molecule has 0 bridgehead atoms. The minimum absolute atomic E-state index is 0.0588. The summed E-state index contributed by atoms with van der Waals surface area (Å²) in [5, 5.41) is 6.41. The molecule has 106 valence electrons. The number of nitrogens with one attached hydrogen (secondary N) is 2. The molecule has 0 atom stereocenters. The van der Waals surface area contributed by atoms with Gasteiger partial charge in [-0.05, 0) is 48.4 Å². The monoisotopic (exact) mass is 292 g/mol. The molecule has 0 radical (unpaired) electrons. The van der Waals surface area contributed by atoms with Crippen molar-refractivity contribution in [3.8, 4) is 0 Å². The van der Waals surface area contributed by atoms with Crippen LogP contribution in [0.4, 0.5) is 5.69 Å². The summed E-state index contributed by atoms with van der Waals surface area (Å²) >= 11 is 5.71. The van der Waals surface area contributed by atoms with E-state index in [1.807, 2.05) is 31.2 Å². The summed E-state index contributed by atoms with van der Waals surface area (Å²) in [7, 11) is 0. The molecule has 0 unspecified atom stereocenters. The lowest BCUT2D eigenvalue weighted by atomic mass is 10.2. The van der Waals surface area contributed by atoms with E-state index in [-0.39, 0.29) is 5.91 Å². The average molecular weight is 293 g/mol. The first-order valence-corrected chi connectivity index (χ1v) is 6.93. The summed E-state index contributed by atoms with van der Waals surface area (Å²) in [5.74, 6) is 0.687. The number of carbonyl (C=O) groups is 1. The van der Waals surface area contributed by atoms with Crippen LogP contribution in [0.5, 0.6) is 0 Å². The molecule has 1 heterocycles. The maximum absolute atomic E-state index is 11.9. The molecule has 0 saturated heterocycles. The largest absolute Gasteiger partial charge is 0.448 e. The second-order valence-electron chi connectivity index (χ2n) is 4.40. The zero-order chi connectivity index (χ0) is 14.4. The Morgan fingerprint density at radius 3 is 2.85 bits per heavy atom. The highest BCUT2D eigenvalue weighted by Crippen LogP contribution is 2.16. The Morgan fingerprint density at radius 2 is 2.15 bits per heavy atom. The van der Waals surface area contributed by atoms with Gasteiger partial charge in [-0.2, -0.15) is 0 Å². The number of carbonyl (C=O) groups excluding carboxylic acids is 1. The van der Waals surface area contributed by atoms with Gasteiger partial charge in [-0.15, -0.1) is 0 Å². The Morgan fingerprint density at radius 1 is 1.30 bits per heavy atom. The van der Waals surface area contributed by atoms with Gasteiger partial charge in [0.25, 0.3) is 5.91 Å². The molecule has 0 saturated carbocycles. The molecule has 1 aromatic carbocycles. The van der Waals surface area contributed by atoms with Gasteiger partial charge in [-0.3, -0.25) is 4.79 Å². The SMILES string of the molecule is CCCNC(=O)c1cccc(NCc2ccc(Cl)o2)c1. The highest BCUT2D eigenvalue weighted by Gasteiger charge is 2.05. The van der Waals surface area contributed by atoms with Gasteiger partial charge in [0.05, 0.1) is 6.54 Å². The fourth-order valence-corrected chi connectivity index (χ4v) is 1.91. The minimum atomic E-state index is -0.0588. The van der Waals surface area contributed by atoms with Gasteiger partial charge in [0, 0.05) is 17.8 Å². The second kappa shape index (κ2) is 7.01. The molecule has 2 aromatic rings. The lowest BCUT2D eigenvalue weighted by Crippen LogP contribution is -2.23. The summed E-state index contributed by atoms with van der Waals surface area (Å²) in [4.78, 5) is 11.9. The van der Waals surface area contributed by atoms with Crippen LogP contribution in [0.2, 0.25) is 5.22 Å². The predicted octanol–water partition coefficient (Wildman–Crippen LogP) is 3.68. The molecule has 0 spiro atoms. The molecule has 0 aliphatic rings. The van der Waals surface area contributed by atoms with Crippen LogP contribution in [0.15, 0.2) is 40.8 Å². The van der Waals surface area contributed by atoms with E-state index in [2.05, 4.69) is 10.6 Å². The highest BCUT2D eigenvalue weighted by atomic mass is 35.5. The number of anilines is 1. The second-order valence-corrected chi connectivity index (χ2v) is 4.77. The number of rotatable bonds is 6. The van der Waals surface area contributed by atoms with Crippen LogP contribution in [0.25, 0.3) is 0 Å². The third-order valence-corrected chi connectivity index (χ3v) is 2.96. The fraction of sp³-hybridized carbons (Fsp3) is 0.267. The van der Waals surface area contributed by atoms with Crippen molar-refractivity contribution in [1.29, 1.82) is 0 Å². The quantitative estimate of drug-likeness (QED) is 0.854. The zero-order valence-electron chi connectivity index (χ0n) is 11.3. The van der Waals surface area contributed by atoms with Crippen molar-refractivity contribution in [2.24, 2.45) is 0 Å². The lowest BCUT2D eigenvalue weighted by Gasteiger charge is -2.07. The molecule has 2 N–H and O–H groups in total. The molecule has 20 heavy (non-hydrogen) atoms. The molecular weight excluding hydrogens is 276 g/mol. The normalized spacial score (nSPS) is 10.3. The minimum Gasteiger partial charge on any atom is -0.448 e. The molecule has 1 aromatic heterocycles. The summed E-state index contributed by atoms with van der Waals surface area (Å²) in [6.07, 6.45) is 0.920. The summed E-state index contributed by atoms with van der Waals surface area (Å²) in [6.45, 7) is 3.22. The molecule has 1 amide bonds. The topological polar surface area (TPSA) is 54.3 Å². The Labute approximate surface area is 123 Å². The van der Waals surface area contributed by atoms with Crippen LogP contribution in [0, 0.1) is 0 Å². The van der Waals surface area contributed by atoms with E-state index >= 15 is 0 Å². The van der Waals surface area contributed by atoms with Gasteiger partial charge in [-0.1, -0.05) is 13.0 Å². The van der Waals surface area contributed by atoms with Crippen LogP contribution < -0.4 is 10.6 Å². The summed E-state index contributed by atoms with van der Waals surface area (Å²) in [6, 6.07) is 10.9. The van der Waals surface area contributed by atoms with Crippen molar-refractivity contribution in [3.63, 3.8) is 0 Å². The van der Waals surface area contributed by atoms with Crippen LogP contribution in [-0.4, -0.2) is 12.5 Å². The number of halogens is 1. The molecule has 0 aliphatic carbocycles. The maximum Gasteiger partial charge on any atom is 0.251 e. The third kappa shape index (κ3) is 4.03. The number of benzene rings is 1. The number of amides is 1. The standard InChI is InChI=1S/C15H17ClN2O2/c1-2-8-17-15(19)11-4-3-5-12(9-11)18-10-13-6-7-14(16)20-13/h3-7,9,18H,2,8,10H2,1H3,(H,17,19). The predicted molar refractivity (Wildman–Crippen MR) is 80.1 cm³/mol. The van der Waals surface area contributed by atoms with Crippen molar-refractivity contribution in [3.05, 3.63) is 52.9 Å². The average Bonchev–Trinajstić information content (AvgIpc) is 2.88. The van der Waals surface area contributed by atoms with E-state index in [0.29, 0.717) is 23.9 Å². The molecule has 2 rings (SSSR count). The van der Waals surface area contributed by atoms with E-state index < -0.39 is 0 Å². The Hall–Kier alpha value is -1.94. The van der Waals surface area contributed by atoms with E-state index in [4.69, 9.17) is 16.0 Å². The van der Waals surface area contributed by atoms with Gasteiger partial charge in [0.1, 0.15) is 5.76 Å². The van der Waals surface area contributed by atoms with Gasteiger partial charge in [-0.25, -0.2) is 0 Å². The lowest BCUT2D eigenvalue weighted by molar-refractivity contribution is 0.0953. The number of furan rings is 1. The van der Waals surface area contributed by atoms with E-state index in [9.17, 15) is 4.79 Å². The fourth-order valence-electron chi connectivity index (χ4n) is 1.75. The first kappa shape index (κ1) is 14.5. The number of hydrogen-bond donors (Lipinski definition) is 2. The highest BCUT2D eigenvalue weighted by molar-refractivity contribution is 6.28. The zero-order valence-corrected chi connectivity index (χ0v) is 12.0. The van der Waals surface area contributed by atoms with Crippen LogP contribution in [0.3, 0.4) is 0 Å². The van der Waals surface area contributed by atoms with E-state index in [1.165, 1.54) is 0 Å². The van der Waals surface area contributed by atoms with Gasteiger partial charge < -0.3 is 15.1 Å². The molecular formula is C15H17ClN2O2. The van der Waals surface area contributed by atoms with Gasteiger partial charge in [0.15, 0.2) is 5.22 Å². The van der Waals surface area contributed by atoms with Crippen molar-refractivity contribution in [2.75, 3.05) is 11.9 Å². The molecule has 0 aliphatic heterocycles. The first-order valence-electron chi connectivity index (χ1n) is 6.55. The molecule has 5 heteroatoms. The number of hydrogen-bond acceptors (Lipinski definition) is 3. The third-order valence-electron chi connectivity index (χ3n) is 2.76. The van der Waals surface area contributed by atoms with Crippen LogP contribution in [-0.2, 0) is 6.54 Å². The van der Waals surface area contributed by atoms with E-state index in [0.717, 1.165) is 17.9 Å². The van der Waals surface area contributed by atoms with Crippen LogP contribution >= 0.6 is 11.6 Å². The summed E-state index contributed by atoms with van der Waals surface area (Å²) < 4.78 is 5.26. The Kier molecular flexibility index (Phi) is 5.07. The van der Waals surface area contributed by atoms with Gasteiger partial charge in [0.2, 0.25) is 0 Å². The van der Waals surface area contributed by atoms with Gasteiger partial charge >= 0.3 is 0 Å². The maximum atomic E-state index is 11.9. The van der Waals surface area contributed by atoms with Crippen molar-refractivity contribution < 1.29 is 9.21 Å². The molecule has 4 nitrogen and oxygen atoms in total.